The molecule has 0 aliphatic carbocycles. The Balaban J connectivity index is 3.03. The lowest BCUT2D eigenvalue weighted by Crippen LogP contribution is -2.47. The van der Waals surface area contributed by atoms with Gasteiger partial charge in [0.2, 0.25) is 0 Å². The molecule has 4 heteroatoms. The molecule has 15 heavy (non-hydrogen) atoms. The van der Waals surface area contributed by atoms with Crippen LogP contribution in [-0.4, -0.2) is 31.6 Å². The Bertz CT molecular complexity index is 320. The fraction of sp³-hybridized carbons (Fsp3) is 0.636. The maximum Gasteiger partial charge on any atom is 0.0702 e. The molecule has 1 N–H and O–H groups in total. The van der Waals surface area contributed by atoms with Crippen molar-refractivity contribution in [2.75, 3.05) is 21.1 Å². The fourth-order valence-electron chi connectivity index (χ4n) is 1.87. The second-order valence-corrected chi connectivity index (χ2v) is 6.97. The summed E-state index contributed by atoms with van der Waals surface area (Å²) in [7, 11) is 6.26. The van der Waals surface area contributed by atoms with Crippen molar-refractivity contribution < 1.29 is 0 Å². The minimum absolute atomic E-state index is 0.0633. The van der Waals surface area contributed by atoms with Crippen LogP contribution in [-0.2, 0) is 0 Å². The Kier molecular flexibility index (Phi) is 4.35. The van der Waals surface area contributed by atoms with E-state index in [1.54, 1.807) is 11.3 Å². The minimum atomic E-state index is 0.0633. The monoisotopic (exact) mass is 290 g/mol. The van der Waals surface area contributed by atoms with Gasteiger partial charge in [-0.25, -0.2) is 0 Å². The Morgan fingerprint density at radius 2 is 2.00 bits per heavy atom. The third-order valence-corrected chi connectivity index (χ3v) is 4.38. The zero-order valence-electron chi connectivity index (χ0n) is 9.97. The Hall–Kier alpha value is 0.1000. The third kappa shape index (κ3) is 3.03. The molecule has 2 nitrogen and oxygen atoms in total. The first-order valence-corrected chi connectivity index (χ1v) is 6.60. The molecule has 1 rings (SSSR count). The van der Waals surface area contributed by atoms with Crippen molar-refractivity contribution in [2.45, 2.75) is 25.4 Å². The van der Waals surface area contributed by atoms with Crippen LogP contribution in [0.5, 0.6) is 0 Å². The average Bonchev–Trinajstić information content (AvgIpc) is 2.51. The fourth-order valence-corrected chi connectivity index (χ4v) is 3.67. The van der Waals surface area contributed by atoms with Gasteiger partial charge in [-0.05, 0) is 63.1 Å². The van der Waals surface area contributed by atoms with Crippen molar-refractivity contribution in [3.05, 3.63) is 20.8 Å². The molecular formula is C11H19BrN2S. The second kappa shape index (κ2) is 4.95. The number of thiophene rings is 1. The summed E-state index contributed by atoms with van der Waals surface area (Å²) >= 11 is 5.32. The molecule has 1 atom stereocenters. The highest BCUT2D eigenvalue weighted by Gasteiger charge is 2.31. The van der Waals surface area contributed by atoms with E-state index in [0.717, 1.165) is 0 Å². The van der Waals surface area contributed by atoms with E-state index in [1.807, 2.05) is 7.05 Å². The SMILES string of the molecule is CNC(C)(C)C(c1ccc(Br)s1)N(C)C. The number of rotatable bonds is 4. The molecule has 86 valence electrons. The number of nitrogens with zero attached hydrogens (tertiary/aromatic N) is 1. The standard InChI is InChI=1S/C11H19BrN2S/c1-11(2,13-3)10(14(4)5)8-6-7-9(12)15-8/h6-7,10,13H,1-5H3. The molecule has 0 saturated carbocycles. The first-order valence-electron chi connectivity index (χ1n) is 4.99. The second-order valence-electron chi connectivity index (χ2n) is 4.48. The summed E-state index contributed by atoms with van der Waals surface area (Å²) in [6, 6.07) is 4.69. The van der Waals surface area contributed by atoms with Gasteiger partial charge in [0.15, 0.2) is 0 Å². The molecule has 1 aromatic rings. The van der Waals surface area contributed by atoms with Gasteiger partial charge in [-0.1, -0.05) is 0 Å². The van der Waals surface area contributed by atoms with Crippen LogP contribution in [0.2, 0.25) is 0 Å². The third-order valence-electron chi connectivity index (χ3n) is 2.71. The summed E-state index contributed by atoms with van der Waals surface area (Å²) in [4.78, 5) is 3.64. The van der Waals surface area contributed by atoms with E-state index < -0.39 is 0 Å². The summed E-state index contributed by atoms with van der Waals surface area (Å²) in [5, 5.41) is 3.38. The van der Waals surface area contributed by atoms with Gasteiger partial charge in [0, 0.05) is 10.4 Å². The molecule has 0 radical (unpaired) electrons. The number of likely N-dealkylation sites (N-methyl/N-ethyl adjacent to an activating group) is 2. The summed E-state index contributed by atoms with van der Waals surface area (Å²) < 4.78 is 1.19. The molecule has 0 aliphatic heterocycles. The van der Waals surface area contributed by atoms with Crippen LogP contribution >= 0.6 is 27.3 Å². The van der Waals surface area contributed by atoms with E-state index in [4.69, 9.17) is 0 Å². The number of hydrogen-bond donors (Lipinski definition) is 1. The van der Waals surface area contributed by atoms with Crippen LogP contribution in [0.25, 0.3) is 0 Å². The molecule has 0 saturated heterocycles. The summed E-state index contributed by atoms with van der Waals surface area (Å²) in [5.74, 6) is 0. The number of hydrogen-bond acceptors (Lipinski definition) is 3. The van der Waals surface area contributed by atoms with Crippen molar-refractivity contribution in [1.29, 1.82) is 0 Å². The molecule has 0 aliphatic rings. The van der Waals surface area contributed by atoms with E-state index in [1.165, 1.54) is 8.66 Å². The van der Waals surface area contributed by atoms with Gasteiger partial charge in [-0.15, -0.1) is 11.3 Å². The normalized spacial score (nSPS) is 14.6. The van der Waals surface area contributed by atoms with Crippen LogP contribution in [0, 0.1) is 0 Å². The maximum atomic E-state index is 3.52. The molecule has 1 heterocycles. The molecule has 0 amide bonds. The van der Waals surface area contributed by atoms with E-state index >= 15 is 0 Å². The smallest absolute Gasteiger partial charge is 0.0702 e. The zero-order valence-corrected chi connectivity index (χ0v) is 12.4. The van der Waals surface area contributed by atoms with Gasteiger partial charge in [0.1, 0.15) is 0 Å². The summed E-state index contributed by atoms with van der Waals surface area (Å²) in [6.07, 6.45) is 0. The zero-order chi connectivity index (χ0) is 11.6. The molecule has 1 unspecified atom stereocenters. The molecule has 1 aromatic heterocycles. The van der Waals surface area contributed by atoms with Gasteiger partial charge in [0.05, 0.1) is 9.83 Å². The Morgan fingerprint density at radius 1 is 1.40 bits per heavy atom. The molecule has 0 fully saturated rings. The van der Waals surface area contributed by atoms with Crippen LogP contribution in [0.15, 0.2) is 15.9 Å². The van der Waals surface area contributed by atoms with Crippen LogP contribution in [0.3, 0.4) is 0 Å². The summed E-state index contributed by atoms with van der Waals surface area (Å²) in [5.41, 5.74) is 0.0633. The van der Waals surface area contributed by atoms with Gasteiger partial charge >= 0.3 is 0 Å². The van der Waals surface area contributed by atoms with Crippen molar-refractivity contribution >= 4 is 27.3 Å². The molecule has 0 spiro atoms. The van der Waals surface area contributed by atoms with E-state index in [2.05, 4.69) is 66.2 Å². The van der Waals surface area contributed by atoms with Crippen molar-refractivity contribution in [3.63, 3.8) is 0 Å². The predicted octanol–water partition coefficient (Wildman–Crippen LogP) is 3.11. The quantitative estimate of drug-likeness (QED) is 0.917. The van der Waals surface area contributed by atoms with Gasteiger partial charge in [0.25, 0.3) is 0 Å². The van der Waals surface area contributed by atoms with Crippen LogP contribution in [0.4, 0.5) is 0 Å². The topological polar surface area (TPSA) is 15.3 Å². The lowest BCUT2D eigenvalue weighted by molar-refractivity contribution is 0.181. The Labute approximate surface area is 105 Å². The Morgan fingerprint density at radius 3 is 2.33 bits per heavy atom. The minimum Gasteiger partial charge on any atom is -0.313 e. The lowest BCUT2D eigenvalue weighted by atomic mass is 9.92. The largest absolute Gasteiger partial charge is 0.313 e. The molecule has 0 bridgehead atoms. The van der Waals surface area contributed by atoms with E-state index in [0.29, 0.717) is 6.04 Å². The van der Waals surface area contributed by atoms with E-state index in [-0.39, 0.29) is 5.54 Å². The molecule has 0 aromatic carbocycles. The maximum absolute atomic E-state index is 3.52. The van der Waals surface area contributed by atoms with Crippen LogP contribution < -0.4 is 5.32 Å². The van der Waals surface area contributed by atoms with Gasteiger partial charge in [-0.2, -0.15) is 0 Å². The first kappa shape index (κ1) is 13.2. The molecular weight excluding hydrogens is 272 g/mol. The van der Waals surface area contributed by atoms with Gasteiger partial charge < -0.3 is 10.2 Å². The van der Waals surface area contributed by atoms with E-state index in [9.17, 15) is 0 Å². The van der Waals surface area contributed by atoms with Crippen molar-refractivity contribution in [2.24, 2.45) is 0 Å². The highest BCUT2D eigenvalue weighted by Crippen LogP contribution is 2.35. The highest BCUT2D eigenvalue weighted by atomic mass is 79.9. The predicted molar refractivity (Wildman–Crippen MR) is 71.6 cm³/mol. The first-order chi connectivity index (χ1) is 6.88. The van der Waals surface area contributed by atoms with Gasteiger partial charge in [-0.3, -0.25) is 0 Å². The van der Waals surface area contributed by atoms with Crippen LogP contribution in [0.1, 0.15) is 24.8 Å². The number of halogens is 1. The van der Waals surface area contributed by atoms with Crippen molar-refractivity contribution in [3.8, 4) is 0 Å². The summed E-state index contributed by atoms with van der Waals surface area (Å²) in [6.45, 7) is 4.45. The number of nitrogens with one attached hydrogen (secondary N) is 1. The highest BCUT2D eigenvalue weighted by molar-refractivity contribution is 9.11. The van der Waals surface area contributed by atoms with Crippen molar-refractivity contribution in [1.82, 2.24) is 10.2 Å². The average molecular weight is 291 g/mol. The lowest BCUT2D eigenvalue weighted by Gasteiger charge is -2.38.